The molecule has 0 aliphatic rings. The normalized spacial score (nSPS) is 11.1. The van der Waals surface area contributed by atoms with Crippen molar-refractivity contribution in [2.75, 3.05) is 5.32 Å². The Balaban J connectivity index is 1.91. The quantitative estimate of drug-likeness (QED) is 0.244. The highest BCUT2D eigenvalue weighted by Gasteiger charge is 2.15. The molecule has 0 bridgehead atoms. The summed E-state index contributed by atoms with van der Waals surface area (Å²) in [5.41, 5.74) is 4.03. The zero-order valence-electron chi connectivity index (χ0n) is 17.4. The number of ether oxygens (including phenoxy) is 1. The van der Waals surface area contributed by atoms with E-state index >= 15 is 0 Å². The van der Waals surface area contributed by atoms with Crippen molar-refractivity contribution < 1.29 is 9.53 Å². The Morgan fingerprint density at radius 3 is 2.59 bits per heavy atom. The van der Waals surface area contributed by atoms with E-state index in [0.717, 1.165) is 21.2 Å². The van der Waals surface area contributed by atoms with Crippen LogP contribution in [-0.2, 0) is 11.4 Å². The number of amides is 1. The Morgan fingerprint density at radius 2 is 1.91 bits per heavy atom. The minimum absolute atomic E-state index is 0.0439. The van der Waals surface area contributed by atoms with E-state index in [1.807, 2.05) is 62.4 Å². The van der Waals surface area contributed by atoms with Crippen LogP contribution < -0.4 is 10.1 Å². The van der Waals surface area contributed by atoms with Crippen LogP contribution in [0.3, 0.4) is 0 Å². The first-order chi connectivity index (χ1) is 15.3. The molecule has 7 heteroatoms. The largest absolute Gasteiger partial charge is 0.487 e. The molecule has 0 atom stereocenters. The Hall–Kier alpha value is -2.59. The third kappa shape index (κ3) is 6.01. The minimum atomic E-state index is -0.493. The van der Waals surface area contributed by atoms with E-state index in [2.05, 4.69) is 37.2 Å². The lowest BCUT2D eigenvalue weighted by molar-refractivity contribution is -0.112. The van der Waals surface area contributed by atoms with Crippen LogP contribution in [0.1, 0.15) is 22.3 Å². The molecule has 0 spiro atoms. The number of rotatable bonds is 6. The van der Waals surface area contributed by atoms with Gasteiger partial charge in [-0.2, -0.15) is 5.26 Å². The van der Waals surface area contributed by atoms with Crippen LogP contribution in [0.2, 0.25) is 5.02 Å². The third-order valence-electron chi connectivity index (χ3n) is 4.66. The summed E-state index contributed by atoms with van der Waals surface area (Å²) in [6.45, 7) is 4.12. The molecule has 0 aliphatic carbocycles. The number of nitrogens with zero attached hydrogens (tertiary/aromatic N) is 1. The van der Waals surface area contributed by atoms with Crippen LogP contribution in [0.5, 0.6) is 5.75 Å². The van der Waals surface area contributed by atoms with Crippen molar-refractivity contribution in [2.24, 2.45) is 0 Å². The predicted octanol–water partition coefficient (Wildman–Crippen LogP) is 7.61. The highest BCUT2D eigenvalue weighted by atomic mass is 79.9. The highest BCUT2D eigenvalue weighted by Crippen LogP contribution is 2.35. The lowest BCUT2D eigenvalue weighted by Crippen LogP contribution is -2.14. The summed E-state index contributed by atoms with van der Waals surface area (Å²) in [6.07, 6.45) is 1.51. The molecular weight excluding hydrogens is 556 g/mol. The summed E-state index contributed by atoms with van der Waals surface area (Å²) < 4.78 is 7.48. The van der Waals surface area contributed by atoms with E-state index in [0.29, 0.717) is 26.5 Å². The Bertz CT molecular complexity index is 1250. The number of carbonyl (C=O) groups is 1. The average Bonchev–Trinajstić information content (AvgIpc) is 2.74. The Labute approximate surface area is 209 Å². The Morgan fingerprint density at radius 1 is 1.16 bits per heavy atom. The van der Waals surface area contributed by atoms with Crippen LogP contribution in [-0.4, -0.2) is 5.91 Å². The fraction of sp³-hybridized carbons (Fsp3) is 0.120. The number of hydrogen-bond donors (Lipinski definition) is 1. The molecule has 0 aromatic heterocycles. The molecule has 4 nitrogen and oxygen atoms in total. The Kier molecular flexibility index (Phi) is 8.14. The van der Waals surface area contributed by atoms with E-state index in [9.17, 15) is 10.1 Å². The van der Waals surface area contributed by atoms with Crippen molar-refractivity contribution in [3.8, 4) is 11.8 Å². The van der Waals surface area contributed by atoms with Gasteiger partial charge in [-0.15, -0.1) is 0 Å². The first kappa shape index (κ1) is 24.1. The zero-order valence-corrected chi connectivity index (χ0v) is 21.3. The molecule has 0 radical (unpaired) electrons. The fourth-order valence-corrected chi connectivity index (χ4v) is 4.62. The maximum Gasteiger partial charge on any atom is 0.266 e. The number of anilines is 1. The van der Waals surface area contributed by atoms with Crippen LogP contribution >= 0.6 is 43.5 Å². The van der Waals surface area contributed by atoms with E-state index in [1.54, 1.807) is 12.1 Å². The topological polar surface area (TPSA) is 62.1 Å². The van der Waals surface area contributed by atoms with Gasteiger partial charge in [-0.05, 0) is 65.7 Å². The highest BCUT2D eigenvalue weighted by molar-refractivity contribution is 9.11. The molecule has 3 rings (SSSR count). The van der Waals surface area contributed by atoms with Gasteiger partial charge in [0.05, 0.1) is 4.47 Å². The monoisotopic (exact) mass is 572 g/mol. The molecule has 1 N–H and O–H groups in total. The number of benzene rings is 3. The summed E-state index contributed by atoms with van der Waals surface area (Å²) in [7, 11) is 0. The van der Waals surface area contributed by atoms with Gasteiger partial charge in [0.2, 0.25) is 0 Å². The first-order valence-electron chi connectivity index (χ1n) is 9.64. The summed E-state index contributed by atoms with van der Waals surface area (Å²) in [5, 5.41) is 13.1. The fourth-order valence-electron chi connectivity index (χ4n) is 3.05. The minimum Gasteiger partial charge on any atom is -0.487 e. The molecule has 0 saturated carbocycles. The van der Waals surface area contributed by atoms with Gasteiger partial charge in [-0.1, -0.05) is 63.4 Å². The van der Waals surface area contributed by atoms with Gasteiger partial charge < -0.3 is 10.1 Å². The molecule has 3 aromatic carbocycles. The van der Waals surface area contributed by atoms with E-state index in [-0.39, 0.29) is 12.2 Å². The molecule has 162 valence electrons. The van der Waals surface area contributed by atoms with Gasteiger partial charge in [0.1, 0.15) is 24.0 Å². The molecular formula is C25H19Br2ClN2O2. The van der Waals surface area contributed by atoms with Crippen LogP contribution in [0.15, 0.2) is 69.1 Å². The molecule has 0 saturated heterocycles. The second-order valence-electron chi connectivity index (χ2n) is 7.13. The molecule has 0 fully saturated rings. The molecule has 0 heterocycles. The summed E-state index contributed by atoms with van der Waals surface area (Å²) in [5.74, 6) is 0.00721. The van der Waals surface area contributed by atoms with E-state index < -0.39 is 5.91 Å². The molecule has 1 amide bonds. The van der Waals surface area contributed by atoms with Gasteiger partial charge in [0.15, 0.2) is 0 Å². The lowest BCUT2D eigenvalue weighted by Gasteiger charge is -2.14. The van der Waals surface area contributed by atoms with E-state index in [1.165, 1.54) is 6.08 Å². The van der Waals surface area contributed by atoms with Crippen LogP contribution in [0.4, 0.5) is 5.69 Å². The summed E-state index contributed by atoms with van der Waals surface area (Å²) >= 11 is 13.2. The second-order valence-corrected chi connectivity index (χ2v) is 9.31. The predicted molar refractivity (Wildman–Crippen MR) is 136 cm³/mol. The van der Waals surface area contributed by atoms with Gasteiger partial charge in [-0.3, -0.25) is 4.79 Å². The van der Waals surface area contributed by atoms with Crippen molar-refractivity contribution in [1.82, 2.24) is 0 Å². The molecule has 3 aromatic rings. The number of halogens is 3. The zero-order chi connectivity index (χ0) is 23.3. The van der Waals surface area contributed by atoms with Gasteiger partial charge in [-0.25, -0.2) is 0 Å². The second kappa shape index (κ2) is 10.8. The number of nitriles is 1. The van der Waals surface area contributed by atoms with E-state index in [4.69, 9.17) is 16.3 Å². The molecule has 0 aliphatic heterocycles. The average molecular weight is 575 g/mol. The van der Waals surface area contributed by atoms with Crippen molar-refractivity contribution in [3.63, 3.8) is 0 Å². The van der Waals surface area contributed by atoms with Crippen molar-refractivity contribution in [2.45, 2.75) is 20.5 Å². The maximum absolute atomic E-state index is 12.8. The third-order valence-corrected chi connectivity index (χ3v) is 6.08. The standard InChI is InChI=1S/C25H19Br2ClN2O2/c1-15-7-8-23(16(2)9-15)30-25(31)19(13-29)10-18-11-20(26)12-21(27)24(18)32-14-17-5-3-4-6-22(17)28/h3-12H,14H2,1-2H3,(H,30,31)/b19-10+. The SMILES string of the molecule is Cc1ccc(NC(=O)/C(C#N)=C/c2cc(Br)cc(Br)c2OCc2ccccc2Cl)c(C)c1. The number of hydrogen-bond acceptors (Lipinski definition) is 3. The van der Waals surface area contributed by atoms with Gasteiger partial charge in [0, 0.05) is 26.3 Å². The summed E-state index contributed by atoms with van der Waals surface area (Å²) in [4.78, 5) is 12.8. The van der Waals surface area contributed by atoms with Crippen molar-refractivity contribution >= 4 is 61.1 Å². The number of carbonyl (C=O) groups excluding carboxylic acids is 1. The molecule has 32 heavy (non-hydrogen) atoms. The number of nitrogens with one attached hydrogen (secondary N) is 1. The molecule has 0 unspecified atom stereocenters. The lowest BCUT2D eigenvalue weighted by atomic mass is 10.1. The van der Waals surface area contributed by atoms with Gasteiger partial charge in [0.25, 0.3) is 5.91 Å². The first-order valence-corrected chi connectivity index (χ1v) is 11.6. The smallest absolute Gasteiger partial charge is 0.266 e. The number of aryl methyl sites for hydroxylation is 2. The van der Waals surface area contributed by atoms with Gasteiger partial charge >= 0.3 is 0 Å². The maximum atomic E-state index is 12.8. The van der Waals surface area contributed by atoms with Crippen LogP contribution in [0, 0.1) is 25.2 Å². The van der Waals surface area contributed by atoms with Crippen molar-refractivity contribution in [1.29, 1.82) is 5.26 Å². The van der Waals surface area contributed by atoms with Crippen LogP contribution in [0.25, 0.3) is 6.08 Å². The summed E-state index contributed by atoms with van der Waals surface area (Å²) in [6, 6.07) is 18.7. The van der Waals surface area contributed by atoms with Crippen molar-refractivity contribution in [3.05, 3.63) is 96.4 Å².